The Balaban J connectivity index is 2.60. The summed E-state index contributed by atoms with van der Waals surface area (Å²) in [6, 6.07) is 1.35. The Kier molecular flexibility index (Phi) is 4.35. The lowest BCUT2D eigenvalue weighted by molar-refractivity contribution is 0.938. The normalized spacial score (nSPS) is 11.7. The summed E-state index contributed by atoms with van der Waals surface area (Å²) in [5.41, 5.74) is 1.11. The molecule has 70 valence electrons. The van der Waals surface area contributed by atoms with E-state index in [2.05, 4.69) is 9.97 Å². The Morgan fingerprint density at radius 2 is 2.54 bits per heavy atom. The molecule has 0 saturated carbocycles. The van der Waals surface area contributed by atoms with Crippen LogP contribution in [0.4, 0.5) is 0 Å². The highest BCUT2D eigenvalue weighted by Gasteiger charge is 1.97. The first-order chi connectivity index (χ1) is 6.22. The number of hydrogen-bond acceptors (Lipinski definition) is 3. The van der Waals surface area contributed by atoms with Crippen LogP contribution in [-0.2, 0) is 0 Å². The van der Waals surface area contributed by atoms with Crippen molar-refractivity contribution in [2.24, 2.45) is 0 Å². The summed E-state index contributed by atoms with van der Waals surface area (Å²) in [6.07, 6.45) is 1.44. The Morgan fingerprint density at radius 3 is 3.15 bits per heavy atom. The average molecular weight is 237 g/mol. The molecule has 0 fully saturated rings. The zero-order valence-electron chi connectivity index (χ0n) is 6.46. The van der Waals surface area contributed by atoms with E-state index in [1.165, 1.54) is 29.6 Å². The largest absolute Gasteiger partial charge is 0.301 e. The third-order valence-corrected chi connectivity index (χ3v) is 2.83. The molecule has 1 rings (SSSR count). The summed E-state index contributed by atoms with van der Waals surface area (Å²) in [4.78, 5) is 17.3. The molecule has 0 amide bonds. The van der Waals surface area contributed by atoms with E-state index in [-0.39, 0.29) is 5.56 Å². The van der Waals surface area contributed by atoms with Crippen LogP contribution in [0, 0.1) is 0 Å². The van der Waals surface area contributed by atoms with Gasteiger partial charge in [-0.2, -0.15) is 0 Å². The quantitative estimate of drug-likeness (QED) is 0.647. The SMILES string of the molecule is O=c1ccnc(SC/C(Cl)=C/Cl)[nH]1. The van der Waals surface area contributed by atoms with Gasteiger partial charge in [0.2, 0.25) is 0 Å². The molecule has 1 aromatic rings. The Labute approximate surface area is 89.2 Å². The van der Waals surface area contributed by atoms with Crippen molar-refractivity contribution in [1.29, 1.82) is 0 Å². The molecule has 6 heteroatoms. The van der Waals surface area contributed by atoms with Crippen LogP contribution in [0.1, 0.15) is 0 Å². The van der Waals surface area contributed by atoms with E-state index in [0.717, 1.165) is 0 Å². The van der Waals surface area contributed by atoms with Gasteiger partial charge in [-0.25, -0.2) is 4.98 Å². The van der Waals surface area contributed by atoms with E-state index in [9.17, 15) is 4.79 Å². The molecule has 0 spiro atoms. The smallest absolute Gasteiger partial charge is 0.251 e. The lowest BCUT2D eigenvalue weighted by atomic mass is 10.7. The molecule has 0 atom stereocenters. The van der Waals surface area contributed by atoms with Gasteiger partial charge < -0.3 is 4.98 Å². The van der Waals surface area contributed by atoms with Crippen LogP contribution >= 0.6 is 35.0 Å². The molecule has 0 saturated heterocycles. The predicted octanol–water partition coefficient (Wildman–Crippen LogP) is 2.18. The summed E-state index contributed by atoms with van der Waals surface area (Å²) in [7, 11) is 0. The number of nitrogens with one attached hydrogen (secondary N) is 1. The first-order valence-electron chi connectivity index (χ1n) is 3.35. The number of halogens is 2. The fourth-order valence-electron chi connectivity index (χ4n) is 0.594. The summed E-state index contributed by atoms with van der Waals surface area (Å²) in [6.45, 7) is 0. The average Bonchev–Trinajstić information content (AvgIpc) is 2.14. The molecule has 0 aliphatic carbocycles. The van der Waals surface area contributed by atoms with E-state index in [0.29, 0.717) is 15.9 Å². The first kappa shape index (κ1) is 10.6. The van der Waals surface area contributed by atoms with Crippen LogP contribution in [0.5, 0.6) is 0 Å². The third kappa shape index (κ3) is 3.85. The standard InChI is InChI=1S/C7H6Cl2N2OS/c8-3-5(9)4-13-7-10-2-1-6(12)11-7/h1-3H,4H2,(H,10,11,12)/b5-3-. The maximum Gasteiger partial charge on any atom is 0.251 e. The summed E-state index contributed by atoms with van der Waals surface area (Å²) >= 11 is 12.3. The van der Waals surface area contributed by atoms with E-state index >= 15 is 0 Å². The van der Waals surface area contributed by atoms with Gasteiger partial charge in [-0.1, -0.05) is 35.0 Å². The number of rotatable bonds is 3. The summed E-state index contributed by atoms with van der Waals surface area (Å²) in [5.74, 6) is 0.498. The molecule has 1 N–H and O–H groups in total. The molecule has 1 heterocycles. The first-order valence-corrected chi connectivity index (χ1v) is 5.15. The molecule has 1 aromatic heterocycles. The highest BCUT2D eigenvalue weighted by Crippen LogP contribution is 2.17. The fourth-order valence-corrected chi connectivity index (χ4v) is 1.59. The van der Waals surface area contributed by atoms with Gasteiger partial charge in [0.05, 0.1) is 0 Å². The molecular formula is C7H6Cl2N2OS. The number of hydrogen-bond donors (Lipinski definition) is 1. The Morgan fingerprint density at radius 1 is 1.77 bits per heavy atom. The monoisotopic (exact) mass is 236 g/mol. The number of aromatic nitrogens is 2. The van der Waals surface area contributed by atoms with Crippen LogP contribution in [0.25, 0.3) is 0 Å². The van der Waals surface area contributed by atoms with E-state index in [4.69, 9.17) is 23.2 Å². The fraction of sp³-hybridized carbons (Fsp3) is 0.143. The van der Waals surface area contributed by atoms with Crippen molar-refractivity contribution in [3.05, 3.63) is 33.2 Å². The Bertz CT molecular complexity index is 364. The minimum absolute atomic E-state index is 0.177. The second-order valence-corrected chi connectivity index (χ2v) is 3.75. The van der Waals surface area contributed by atoms with Gasteiger partial charge in [-0.3, -0.25) is 4.79 Å². The van der Waals surface area contributed by atoms with Gasteiger partial charge in [-0.05, 0) is 0 Å². The topological polar surface area (TPSA) is 45.8 Å². The van der Waals surface area contributed by atoms with Gasteiger partial charge in [0.15, 0.2) is 5.16 Å². The number of thioether (sulfide) groups is 1. The number of H-pyrrole nitrogens is 1. The molecule has 0 aromatic carbocycles. The van der Waals surface area contributed by atoms with Crippen molar-refractivity contribution in [3.8, 4) is 0 Å². The zero-order chi connectivity index (χ0) is 9.68. The van der Waals surface area contributed by atoms with E-state index in [1.54, 1.807) is 0 Å². The van der Waals surface area contributed by atoms with Gasteiger partial charge in [0.25, 0.3) is 5.56 Å². The van der Waals surface area contributed by atoms with Crippen LogP contribution in [0.2, 0.25) is 0 Å². The molecule has 0 aliphatic rings. The maximum atomic E-state index is 10.8. The maximum absolute atomic E-state index is 10.8. The number of nitrogens with zero attached hydrogens (tertiary/aromatic N) is 1. The van der Waals surface area contributed by atoms with Crippen molar-refractivity contribution >= 4 is 35.0 Å². The molecule has 0 radical (unpaired) electrons. The highest BCUT2D eigenvalue weighted by molar-refractivity contribution is 7.99. The number of aromatic amines is 1. The Hall–Kier alpha value is -0.450. The van der Waals surface area contributed by atoms with Crippen molar-refractivity contribution in [2.45, 2.75) is 5.16 Å². The molecular weight excluding hydrogens is 231 g/mol. The summed E-state index contributed by atoms with van der Waals surface area (Å²) in [5, 5.41) is 1.04. The van der Waals surface area contributed by atoms with E-state index in [1.807, 2.05) is 0 Å². The van der Waals surface area contributed by atoms with Gasteiger partial charge in [-0.15, -0.1) is 0 Å². The molecule has 0 unspecified atom stereocenters. The zero-order valence-corrected chi connectivity index (χ0v) is 8.79. The van der Waals surface area contributed by atoms with Gasteiger partial charge in [0, 0.05) is 28.6 Å². The molecule has 3 nitrogen and oxygen atoms in total. The van der Waals surface area contributed by atoms with Crippen molar-refractivity contribution < 1.29 is 0 Å². The van der Waals surface area contributed by atoms with Gasteiger partial charge >= 0.3 is 0 Å². The molecule has 13 heavy (non-hydrogen) atoms. The van der Waals surface area contributed by atoms with Crippen LogP contribution in [0.15, 0.2) is 32.8 Å². The molecule has 0 bridgehead atoms. The minimum atomic E-state index is -0.177. The van der Waals surface area contributed by atoms with Crippen molar-refractivity contribution in [2.75, 3.05) is 5.75 Å². The second kappa shape index (κ2) is 5.32. The lowest BCUT2D eigenvalue weighted by Gasteiger charge is -1.97. The lowest BCUT2D eigenvalue weighted by Crippen LogP contribution is -2.05. The van der Waals surface area contributed by atoms with Crippen LogP contribution in [0.3, 0.4) is 0 Å². The van der Waals surface area contributed by atoms with Crippen molar-refractivity contribution in [1.82, 2.24) is 9.97 Å². The summed E-state index contributed by atoms with van der Waals surface area (Å²) < 4.78 is 0. The third-order valence-electron chi connectivity index (χ3n) is 1.11. The molecule has 0 aliphatic heterocycles. The van der Waals surface area contributed by atoms with Crippen molar-refractivity contribution in [3.63, 3.8) is 0 Å². The van der Waals surface area contributed by atoms with Crippen LogP contribution in [-0.4, -0.2) is 15.7 Å². The predicted molar refractivity (Wildman–Crippen MR) is 55.4 cm³/mol. The van der Waals surface area contributed by atoms with E-state index < -0.39 is 0 Å². The van der Waals surface area contributed by atoms with Gasteiger partial charge in [0.1, 0.15) is 0 Å². The highest BCUT2D eigenvalue weighted by atomic mass is 35.5. The van der Waals surface area contributed by atoms with Crippen LogP contribution < -0.4 is 5.56 Å². The second-order valence-electron chi connectivity index (χ2n) is 2.08. The minimum Gasteiger partial charge on any atom is -0.301 e.